The van der Waals surface area contributed by atoms with E-state index in [2.05, 4.69) is 0 Å². The molecule has 0 aromatic carbocycles. The SMILES string of the molecule is O.[H-].[H-].[H-].[Li+].[Mg+2].[W]. The molecule has 0 saturated heterocycles. The molecule has 0 atom stereocenters. The molecule has 0 aromatic heterocycles. The Hall–Kier alpha value is 2.01. The monoisotopic (exact) mass is 236 g/mol. The van der Waals surface area contributed by atoms with Crippen LogP contribution in [0.1, 0.15) is 4.28 Å². The van der Waals surface area contributed by atoms with Crippen LogP contribution in [0, 0.1) is 0 Å². The molecule has 0 unspecified atom stereocenters. The van der Waals surface area contributed by atoms with E-state index >= 15 is 0 Å². The van der Waals surface area contributed by atoms with Gasteiger partial charge in [0.15, 0.2) is 0 Å². The minimum absolute atomic E-state index is 0. The first kappa shape index (κ1) is 37.3. The van der Waals surface area contributed by atoms with Crippen LogP contribution >= 0.6 is 0 Å². The summed E-state index contributed by atoms with van der Waals surface area (Å²) in [5.74, 6) is 0. The molecule has 0 aliphatic carbocycles. The van der Waals surface area contributed by atoms with E-state index in [1.54, 1.807) is 0 Å². The van der Waals surface area contributed by atoms with Crippen molar-refractivity contribution in [2.45, 2.75) is 0 Å². The molecule has 0 fully saturated rings. The average Bonchev–Trinajstić information content (AvgIpc) is 0. The number of hydrogen-bond donors (Lipinski definition) is 0. The van der Waals surface area contributed by atoms with E-state index in [0.29, 0.717) is 0 Å². The molecule has 4 heteroatoms. The molecule has 0 amide bonds. The van der Waals surface area contributed by atoms with Crippen LogP contribution in [-0.2, 0) is 21.1 Å². The summed E-state index contributed by atoms with van der Waals surface area (Å²) in [6, 6.07) is 0. The minimum Gasteiger partial charge on any atom is -1.00 e. The zero-order valence-corrected chi connectivity index (χ0v) is 6.96. The molecule has 0 aliphatic rings. The van der Waals surface area contributed by atoms with Gasteiger partial charge in [0.25, 0.3) is 0 Å². The molecular formula is H5LiMgOW. The van der Waals surface area contributed by atoms with E-state index in [1.165, 1.54) is 0 Å². The summed E-state index contributed by atoms with van der Waals surface area (Å²) in [7, 11) is 0. The second kappa shape index (κ2) is 19.9. The second-order valence-electron chi connectivity index (χ2n) is 0. The third kappa shape index (κ3) is 8.99. The molecule has 1 nitrogen and oxygen atoms in total. The van der Waals surface area contributed by atoms with Gasteiger partial charge >= 0.3 is 41.9 Å². The van der Waals surface area contributed by atoms with Crippen molar-refractivity contribution in [3.63, 3.8) is 0 Å². The summed E-state index contributed by atoms with van der Waals surface area (Å²) in [4.78, 5) is 0. The van der Waals surface area contributed by atoms with Crippen LogP contribution in [0.2, 0.25) is 0 Å². The third-order valence-electron chi connectivity index (χ3n) is 0. The van der Waals surface area contributed by atoms with Gasteiger partial charge in [0, 0.05) is 21.1 Å². The van der Waals surface area contributed by atoms with Gasteiger partial charge in [0.2, 0.25) is 0 Å². The maximum absolute atomic E-state index is 0. The van der Waals surface area contributed by atoms with Gasteiger partial charge in [-0.1, -0.05) is 0 Å². The molecule has 0 rings (SSSR count). The average molecular weight is 236 g/mol. The number of hydrogen-bond acceptors (Lipinski definition) is 0. The van der Waals surface area contributed by atoms with Gasteiger partial charge in [0.05, 0.1) is 0 Å². The van der Waals surface area contributed by atoms with Gasteiger partial charge in [-0.05, 0) is 0 Å². The van der Waals surface area contributed by atoms with Crippen molar-refractivity contribution in [3.8, 4) is 0 Å². The maximum Gasteiger partial charge on any atom is 2.00 e. The first-order valence-electron chi connectivity index (χ1n) is 0. The fourth-order valence-electron chi connectivity index (χ4n) is 0. The Morgan fingerprint density at radius 3 is 1.25 bits per heavy atom. The summed E-state index contributed by atoms with van der Waals surface area (Å²) in [5, 5.41) is 0. The Bertz CT molecular complexity index is 14.9. The molecule has 0 bridgehead atoms. The van der Waals surface area contributed by atoms with Gasteiger partial charge in [-0.15, -0.1) is 0 Å². The topological polar surface area (TPSA) is 31.5 Å². The van der Waals surface area contributed by atoms with Crippen molar-refractivity contribution in [2.24, 2.45) is 0 Å². The van der Waals surface area contributed by atoms with E-state index in [9.17, 15) is 0 Å². The zero-order valence-electron chi connectivity index (χ0n) is 5.62. The Labute approximate surface area is 72.3 Å². The van der Waals surface area contributed by atoms with Gasteiger partial charge < -0.3 is 9.76 Å². The molecule has 0 spiro atoms. The minimum atomic E-state index is 0. The van der Waals surface area contributed by atoms with Crippen LogP contribution in [0.4, 0.5) is 0 Å². The maximum atomic E-state index is 0. The summed E-state index contributed by atoms with van der Waals surface area (Å²) in [5.41, 5.74) is 0. The van der Waals surface area contributed by atoms with Crippen LogP contribution in [0.5, 0.6) is 0 Å². The standard InChI is InChI=1S/Li.Mg.H2O.W.3H/h;;1H2;;;;/q+1;+2;;;3*-1. The van der Waals surface area contributed by atoms with E-state index in [1.807, 2.05) is 0 Å². The largest absolute Gasteiger partial charge is 2.00 e. The summed E-state index contributed by atoms with van der Waals surface area (Å²) >= 11 is 0. The van der Waals surface area contributed by atoms with E-state index in [4.69, 9.17) is 0 Å². The normalized spacial score (nSPS) is 0. The van der Waals surface area contributed by atoms with Crippen molar-refractivity contribution >= 4 is 23.1 Å². The molecule has 0 aromatic rings. The molecule has 0 saturated carbocycles. The van der Waals surface area contributed by atoms with Crippen molar-refractivity contribution in [1.82, 2.24) is 0 Å². The predicted octanol–water partition coefficient (Wildman–Crippen LogP) is -3.87. The second-order valence-corrected chi connectivity index (χ2v) is 0. The zero-order chi connectivity index (χ0) is 0. The van der Waals surface area contributed by atoms with E-state index in [-0.39, 0.29) is 72.7 Å². The van der Waals surface area contributed by atoms with Gasteiger partial charge in [-0.2, -0.15) is 0 Å². The van der Waals surface area contributed by atoms with Crippen molar-refractivity contribution in [2.75, 3.05) is 0 Å². The van der Waals surface area contributed by atoms with Crippen molar-refractivity contribution in [1.29, 1.82) is 0 Å². The molecule has 20 valence electrons. The first-order chi connectivity index (χ1) is 0. The van der Waals surface area contributed by atoms with Gasteiger partial charge in [-0.25, -0.2) is 0 Å². The molecule has 2 N–H and O–H groups in total. The molecule has 4 heavy (non-hydrogen) atoms. The van der Waals surface area contributed by atoms with Gasteiger partial charge in [-0.3, -0.25) is 0 Å². The van der Waals surface area contributed by atoms with Crippen molar-refractivity contribution < 1.29 is 49.7 Å². The van der Waals surface area contributed by atoms with Crippen molar-refractivity contribution in [3.05, 3.63) is 0 Å². The quantitative estimate of drug-likeness (QED) is 0.385. The smallest absolute Gasteiger partial charge is 1.00 e. The Kier molecular flexibility index (Phi) is 186. The van der Waals surface area contributed by atoms with E-state index in [0.717, 1.165) is 0 Å². The molecular weight excluding hydrogens is 231 g/mol. The van der Waals surface area contributed by atoms with Crippen LogP contribution in [-0.4, -0.2) is 28.5 Å². The van der Waals surface area contributed by atoms with Crippen LogP contribution in [0.25, 0.3) is 0 Å². The fraction of sp³-hybridized carbons (Fsp3) is 0. The summed E-state index contributed by atoms with van der Waals surface area (Å²) < 4.78 is 0. The number of rotatable bonds is 0. The first-order valence-corrected chi connectivity index (χ1v) is 0. The Morgan fingerprint density at radius 2 is 1.25 bits per heavy atom. The Morgan fingerprint density at radius 1 is 1.25 bits per heavy atom. The van der Waals surface area contributed by atoms with Gasteiger partial charge in [0.1, 0.15) is 0 Å². The Balaban J connectivity index is 0. The third-order valence-corrected chi connectivity index (χ3v) is 0. The van der Waals surface area contributed by atoms with Crippen LogP contribution < -0.4 is 18.9 Å². The summed E-state index contributed by atoms with van der Waals surface area (Å²) in [6.07, 6.45) is 0. The summed E-state index contributed by atoms with van der Waals surface area (Å²) in [6.45, 7) is 0. The van der Waals surface area contributed by atoms with Crippen LogP contribution in [0.3, 0.4) is 0 Å². The molecule has 0 heterocycles. The fourth-order valence-corrected chi connectivity index (χ4v) is 0. The molecule has 0 aliphatic heterocycles. The molecule has 0 radical (unpaired) electrons. The predicted molar refractivity (Wildman–Crippen MR) is 12.7 cm³/mol. The van der Waals surface area contributed by atoms with E-state index < -0.39 is 0 Å². The van der Waals surface area contributed by atoms with Crippen LogP contribution in [0.15, 0.2) is 0 Å².